The molecule has 0 aliphatic heterocycles. The van der Waals surface area contributed by atoms with Crippen LogP contribution in [0.1, 0.15) is 5.56 Å². The SMILES string of the molecule is COC(=O)C(N)Cc1ccccc1.O=C(O)C(F)(F)F.O=C(O)C(F)(F)F. The second-order valence-corrected chi connectivity index (χ2v) is 4.43. The molecule has 0 aromatic heterocycles. The number of ether oxygens (including phenoxy) is 1. The van der Waals surface area contributed by atoms with Crippen LogP contribution in [-0.2, 0) is 25.5 Å². The summed E-state index contributed by atoms with van der Waals surface area (Å²) in [5, 5.41) is 14.2. The first-order valence-corrected chi connectivity index (χ1v) is 6.60. The van der Waals surface area contributed by atoms with Crippen molar-refractivity contribution < 1.29 is 55.7 Å². The lowest BCUT2D eigenvalue weighted by Gasteiger charge is -2.08. The van der Waals surface area contributed by atoms with E-state index >= 15 is 0 Å². The first-order chi connectivity index (χ1) is 12.1. The third kappa shape index (κ3) is 14.1. The van der Waals surface area contributed by atoms with Gasteiger partial charge in [0.05, 0.1) is 7.11 Å². The van der Waals surface area contributed by atoms with Crippen molar-refractivity contribution in [1.82, 2.24) is 0 Å². The fourth-order valence-corrected chi connectivity index (χ4v) is 1.10. The van der Waals surface area contributed by atoms with Crippen LogP contribution >= 0.6 is 0 Å². The molecule has 1 atom stereocenters. The third-order valence-corrected chi connectivity index (χ3v) is 2.29. The van der Waals surface area contributed by atoms with E-state index in [1.165, 1.54) is 7.11 Å². The highest BCUT2D eigenvalue weighted by Gasteiger charge is 2.38. The first-order valence-electron chi connectivity index (χ1n) is 6.60. The van der Waals surface area contributed by atoms with Crippen molar-refractivity contribution in [3.8, 4) is 0 Å². The van der Waals surface area contributed by atoms with Crippen LogP contribution in [0.5, 0.6) is 0 Å². The van der Waals surface area contributed by atoms with Crippen molar-refractivity contribution in [3.63, 3.8) is 0 Å². The Balaban J connectivity index is 0. The van der Waals surface area contributed by atoms with Gasteiger partial charge >= 0.3 is 30.3 Å². The number of carboxylic acid groups (broad SMARTS) is 2. The van der Waals surface area contributed by atoms with Gasteiger partial charge < -0.3 is 20.7 Å². The fraction of sp³-hybridized carbons (Fsp3) is 0.357. The Morgan fingerprint density at radius 3 is 1.56 bits per heavy atom. The minimum Gasteiger partial charge on any atom is -0.475 e. The Hall–Kier alpha value is -2.83. The molecule has 1 aromatic carbocycles. The van der Waals surface area contributed by atoms with Crippen LogP contribution in [0.4, 0.5) is 26.3 Å². The summed E-state index contributed by atoms with van der Waals surface area (Å²) in [7, 11) is 1.34. The standard InChI is InChI=1S/C10H13NO2.2C2HF3O2/c1-13-10(12)9(11)7-8-5-3-2-4-6-8;2*3-2(4,5)1(6)7/h2-6,9H,7,11H2,1H3;2*(H,6,7). The molecule has 1 rings (SSSR count). The van der Waals surface area contributed by atoms with Crippen molar-refractivity contribution in [1.29, 1.82) is 0 Å². The van der Waals surface area contributed by atoms with Gasteiger partial charge in [-0.2, -0.15) is 26.3 Å². The predicted molar refractivity (Wildman–Crippen MR) is 77.5 cm³/mol. The number of nitrogens with two attached hydrogens (primary N) is 1. The zero-order valence-electron chi connectivity index (χ0n) is 13.5. The zero-order chi connectivity index (χ0) is 21.8. The molecular weight excluding hydrogens is 392 g/mol. The lowest BCUT2D eigenvalue weighted by molar-refractivity contribution is -0.193. The quantitative estimate of drug-likeness (QED) is 0.517. The van der Waals surface area contributed by atoms with Gasteiger partial charge in [0.1, 0.15) is 6.04 Å². The van der Waals surface area contributed by atoms with E-state index in [9.17, 15) is 31.1 Å². The smallest absolute Gasteiger partial charge is 0.475 e. The summed E-state index contributed by atoms with van der Waals surface area (Å²) in [5.41, 5.74) is 6.63. The molecule has 0 aliphatic carbocycles. The van der Waals surface area contributed by atoms with Gasteiger partial charge in [0, 0.05) is 0 Å². The molecule has 0 fully saturated rings. The van der Waals surface area contributed by atoms with E-state index in [-0.39, 0.29) is 5.97 Å². The third-order valence-electron chi connectivity index (χ3n) is 2.29. The van der Waals surface area contributed by atoms with Crippen LogP contribution in [0.3, 0.4) is 0 Å². The highest BCUT2D eigenvalue weighted by Crippen LogP contribution is 2.13. The topological polar surface area (TPSA) is 127 Å². The Morgan fingerprint density at radius 2 is 1.30 bits per heavy atom. The molecule has 154 valence electrons. The van der Waals surface area contributed by atoms with E-state index in [2.05, 4.69) is 4.74 Å². The van der Waals surface area contributed by atoms with E-state index < -0.39 is 30.3 Å². The van der Waals surface area contributed by atoms with Gasteiger partial charge in [-0.05, 0) is 12.0 Å². The van der Waals surface area contributed by atoms with Crippen molar-refractivity contribution in [3.05, 3.63) is 35.9 Å². The normalized spacial score (nSPS) is 11.7. The Morgan fingerprint density at radius 1 is 0.963 bits per heavy atom. The van der Waals surface area contributed by atoms with Crippen LogP contribution in [0, 0.1) is 0 Å². The van der Waals surface area contributed by atoms with Crippen molar-refractivity contribution in [2.24, 2.45) is 5.73 Å². The van der Waals surface area contributed by atoms with Crippen LogP contribution in [0.2, 0.25) is 0 Å². The molecule has 0 spiro atoms. The minimum atomic E-state index is -5.08. The van der Waals surface area contributed by atoms with Gasteiger partial charge in [0.25, 0.3) is 0 Å². The van der Waals surface area contributed by atoms with Gasteiger partial charge in [0.15, 0.2) is 0 Å². The molecule has 0 radical (unpaired) electrons. The number of rotatable bonds is 3. The summed E-state index contributed by atoms with van der Waals surface area (Å²) in [6, 6.07) is 9.06. The molecule has 7 nitrogen and oxygen atoms in total. The van der Waals surface area contributed by atoms with Crippen LogP contribution < -0.4 is 5.73 Å². The molecule has 0 aliphatic rings. The van der Waals surface area contributed by atoms with Crippen LogP contribution in [0.25, 0.3) is 0 Å². The summed E-state index contributed by atoms with van der Waals surface area (Å²) in [4.78, 5) is 28.8. The van der Waals surface area contributed by atoms with E-state index in [0.29, 0.717) is 6.42 Å². The maximum absolute atomic E-state index is 11.0. The number of carboxylic acids is 2. The number of alkyl halides is 6. The molecule has 1 unspecified atom stereocenters. The number of hydrogen-bond donors (Lipinski definition) is 3. The highest BCUT2D eigenvalue weighted by atomic mass is 19.4. The van der Waals surface area contributed by atoms with Gasteiger partial charge in [0.2, 0.25) is 0 Å². The molecule has 4 N–H and O–H groups in total. The summed E-state index contributed by atoms with van der Waals surface area (Å²) in [5.74, 6) is -5.89. The molecule has 27 heavy (non-hydrogen) atoms. The number of esters is 1. The van der Waals surface area contributed by atoms with E-state index in [4.69, 9.17) is 25.5 Å². The number of aliphatic carboxylic acids is 2. The number of benzene rings is 1. The number of methoxy groups -OCH3 is 1. The lowest BCUT2D eigenvalue weighted by Crippen LogP contribution is -2.33. The second kappa shape index (κ2) is 11.7. The summed E-state index contributed by atoms with van der Waals surface area (Å²) in [6.45, 7) is 0. The Kier molecular flexibility index (Phi) is 11.5. The number of carbonyl (C=O) groups is 3. The highest BCUT2D eigenvalue weighted by molar-refractivity contribution is 5.75. The van der Waals surface area contributed by atoms with Crippen molar-refractivity contribution in [2.45, 2.75) is 24.8 Å². The molecular formula is C14H15F6NO6. The van der Waals surface area contributed by atoms with E-state index in [1.807, 2.05) is 30.3 Å². The second-order valence-electron chi connectivity index (χ2n) is 4.43. The Labute approximate surface area is 148 Å². The van der Waals surface area contributed by atoms with Gasteiger partial charge in [-0.3, -0.25) is 4.79 Å². The van der Waals surface area contributed by atoms with Crippen LogP contribution in [-0.4, -0.2) is 53.6 Å². The molecule has 0 bridgehead atoms. The molecule has 1 aromatic rings. The van der Waals surface area contributed by atoms with Crippen molar-refractivity contribution >= 4 is 17.9 Å². The molecule has 0 saturated heterocycles. The average Bonchev–Trinajstić information content (AvgIpc) is 2.54. The average molecular weight is 407 g/mol. The number of hydrogen-bond acceptors (Lipinski definition) is 5. The fourth-order valence-electron chi connectivity index (χ4n) is 1.10. The van der Waals surface area contributed by atoms with Crippen LogP contribution in [0.15, 0.2) is 30.3 Å². The van der Waals surface area contributed by atoms with E-state index in [1.54, 1.807) is 0 Å². The summed E-state index contributed by atoms with van der Waals surface area (Å²) in [6.07, 6.45) is -9.65. The van der Waals surface area contributed by atoms with Gasteiger partial charge in [-0.15, -0.1) is 0 Å². The largest absolute Gasteiger partial charge is 0.490 e. The van der Waals surface area contributed by atoms with Crippen molar-refractivity contribution in [2.75, 3.05) is 7.11 Å². The summed E-state index contributed by atoms with van der Waals surface area (Å²) < 4.78 is 68.0. The predicted octanol–water partition coefficient (Wildman–Crippen LogP) is 2.00. The maximum Gasteiger partial charge on any atom is 0.490 e. The molecule has 0 saturated carbocycles. The van der Waals surface area contributed by atoms with E-state index in [0.717, 1.165) is 5.56 Å². The minimum absolute atomic E-state index is 0.371. The lowest BCUT2D eigenvalue weighted by atomic mass is 10.1. The molecule has 13 heteroatoms. The Bertz CT molecular complexity index is 578. The van der Waals surface area contributed by atoms with Gasteiger partial charge in [-0.25, -0.2) is 9.59 Å². The first kappa shape index (κ1) is 26.4. The maximum atomic E-state index is 11.0. The molecule has 0 amide bonds. The molecule has 0 heterocycles. The zero-order valence-corrected chi connectivity index (χ0v) is 13.5. The summed E-state index contributed by atoms with van der Waals surface area (Å²) >= 11 is 0. The number of carbonyl (C=O) groups excluding carboxylic acids is 1. The monoisotopic (exact) mass is 407 g/mol. The number of halogens is 6. The van der Waals surface area contributed by atoms with Gasteiger partial charge in [-0.1, -0.05) is 30.3 Å².